The molecule has 1 aliphatic rings. The third kappa shape index (κ3) is 4.52. The third-order valence-corrected chi connectivity index (χ3v) is 6.29. The molecule has 0 saturated heterocycles. The van der Waals surface area contributed by atoms with Crippen molar-refractivity contribution in [3.63, 3.8) is 0 Å². The maximum absolute atomic E-state index is 12.3. The molecule has 0 bridgehead atoms. The normalized spacial score (nSPS) is 16.5. The predicted octanol–water partition coefficient (Wildman–Crippen LogP) is 4.75. The zero-order chi connectivity index (χ0) is 18.6. The molecule has 0 aliphatic heterocycles. The minimum atomic E-state index is -3.64. The molecular formula is C21H26N2O2S. The lowest BCUT2D eigenvalue weighted by Crippen LogP contribution is -2.20. The van der Waals surface area contributed by atoms with Crippen LogP contribution in [0.2, 0.25) is 0 Å². The summed E-state index contributed by atoms with van der Waals surface area (Å²) in [5, 5.41) is 4.09. The van der Waals surface area contributed by atoms with Crippen LogP contribution in [-0.4, -0.2) is 14.1 Å². The fourth-order valence-electron chi connectivity index (χ4n) is 3.40. The molecule has 1 aliphatic carbocycles. The summed E-state index contributed by atoms with van der Waals surface area (Å²) in [6.07, 6.45) is 6.51. The molecule has 0 spiro atoms. The highest BCUT2D eigenvalue weighted by Gasteiger charge is 2.16. The van der Waals surface area contributed by atoms with E-state index < -0.39 is 10.0 Å². The number of nitrogens with one attached hydrogen (secondary N) is 1. The minimum absolute atomic E-state index is 0.215. The highest BCUT2D eigenvalue weighted by atomic mass is 32.2. The Morgan fingerprint density at radius 3 is 2.19 bits per heavy atom. The van der Waals surface area contributed by atoms with E-state index in [4.69, 9.17) is 0 Å². The van der Waals surface area contributed by atoms with Crippen molar-refractivity contribution in [3.05, 3.63) is 65.2 Å². The standard InChI is InChI=1S/C21H26N2O2S/c1-16-8-14-21(15-9-16)26(24,25)23-22-17(2)18-10-12-20(13-11-18)19-6-4-3-5-7-19/h8-15,19,23H,3-7H2,1-2H3/b22-17+. The van der Waals surface area contributed by atoms with Crippen LogP contribution >= 0.6 is 0 Å². The number of hydrogen-bond acceptors (Lipinski definition) is 3. The second kappa shape index (κ2) is 8.04. The van der Waals surface area contributed by atoms with E-state index in [1.54, 1.807) is 24.3 Å². The van der Waals surface area contributed by atoms with Crippen molar-refractivity contribution in [3.8, 4) is 0 Å². The lowest BCUT2D eigenvalue weighted by molar-refractivity contribution is 0.443. The predicted molar refractivity (Wildman–Crippen MR) is 106 cm³/mol. The summed E-state index contributed by atoms with van der Waals surface area (Å²) in [5.74, 6) is 0.662. The number of hydrazone groups is 1. The van der Waals surface area contributed by atoms with Crippen LogP contribution in [0.1, 0.15) is 61.6 Å². The summed E-state index contributed by atoms with van der Waals surface area (Å²) >= 11 is 0. The minimum Gasteiger partial charge on any atom is -0.200 e. The van der Waals surface area contributed by atoms with Crippen LogP contribution in [0.15, 0.2) is 58.5 Å². The van der Waals surface area contributed by atoms with Gasteiger partial charge in [-0.05, 0) is 55.9 Å². The molecule has 1 fully saturated rings. The van der Waals surface area contributed by atoms with Gasteiger partial charge in [0.05, 0.1) is 10.6 Å². The molecule has 26 heavy (non-hydrogen) atoms. The fraction of sp³-hybridized carbons (Fsp3) is 0.381. The second-order valence-electron chi connectivity index (χ2n) is 7.06. The van der Waals surface area contributed by atoms with E-state index in [1.165, 1.54) is 37.7 Å². The number of sulfonamides is 1. The molecular weight excluding hydrogens is 344 g/mol. The van der Waals surface area contributed by atoms with E-state index in [1.807, 2.05) is 26.0 Å². The van der Waals surface area contributed by atoms with Gasteiger partial charge in [-0.3, -0.25) is 0 Å². The Morgan fingerprint density at radius 1 is 0.962 bits per heavy atom. The average molecular weight is 371 g/mol. The van der Waals surface area contributed by atoms with Gasteiger partial charge in [-0.15, -0.1) is 0 Å². The molecule has 4 nitrogen and oxygen atoms in total. The monoisotopic (exact) mass is 370 g/mol. The zero-order valence-corrected chi connectivity index (χ0v) is 16.2. The Balaban J connectivity index is 1.70. The molecule has 138 valence electrons. The first-order chi connectivity index (χ1) is 12.5. The van der Waals surface area contributed by atoms with Gasteiger partial charge < -0.3 is 0 Å². The summed E-state index contributed by atoms with van der Waals surface area (Å²) in [7, 11) is -3.64. The van der Waals surface area contributed by atoms with Crippen molar-refractivity contribution >= 4 is 15.7 Å². The van der Waals surface area contributed by atoms with E-state index in [0.29, 0.717) is 11.6 Å². The van der Waals surface area contributed by atoms with Crippen LogP contribution in [0.4, 0.5) is 0 Å². The lowest BCUT2D eigenvalue weighted by Gasteiger charge is -2.22. The molecule has 0 aromatic heterocycles. The molecule has 0 amide bonds. The Morgan fingerprint density at radius 2 is 1.58 bits per heavy atom. The van der Waals surface area contributed by atoms with Crippen molar-refractivity contribution in [2.75, 3.05) is 0 Å². The number of aryl methyl sites for hydroxylation is 1. The zero-order valence-electron chi connectivity index (χ0n) is 15.4. The number of nitrogens with zero attached hydrogens (tertiary/aromatic N) is 1. The van der Waals surface area contributed by atoms with Crippen LogP contribution in [0, 0.1) is 6.92 Å². The van der Waals surface area contributed by atoms with Gasteiger partial charge in [0.1, 0.15) is 0 Å². The van der Waals surface area contributed by atoms with Crippen molar-refractivity contribution in [1.82, 2.24) is 4.83 Å². The van der Waals surface area contributed by atoms with Gasteiger partial charge >= 0.3 is 0 Å². The number of benzene rings is 2. The van der Waals surface area contributed by atoms with Gasteiger partial charge in [0.25, 0.3) is 10.0 Å². The smallest absolute Gasteiger partial charge is 0.200 e. The Labute approximate surface area is 156 Å². The molecule has 2 aromatic rings. The van der Waals surface area contributed by atoms with E-state index in [0.717, 1.165) is 11.1 Å². The topological polar surface area (TPSA) is 58.5 Å². The summed E-state index contributed by atoms with van der Waals surface area (Å²) in [6, 6.07) is 15.1. The first-order valence-electron chi connectivity index (χ1n) is 9.19. The van der Waals surface area contributed by atoms with Crippen LogP contribution in [0.3, 0.4) is 0 Å². The summed E-state index contributed by atoms with van der Waals surface area (Å²) in [6.45, 7) is 3.73. The summed E-state index contributed by atoms with van der Waals surface area (Å²) in [5.41, 5.74) is 3.97. The van der Waals surface area contributed by atoms with Gasteiger partial charge in [-0.2, -0.15) is 18.4 Å². The molecule has 1 N–H and O–H groups in total. The van der Waals surface area contributed by atoms with Crippen molar-refractivity contribution < 1.29 is 8.42 Å². The van der Waals surface area contributed by atoms with Crippen LogP contribution in [-0.2, 0) is 10.0 Å². The fourth-order valence-corrected chi connectivity index (χ4v) is 4.25. The molecule has 2 aromatic carbocycles. The second-order valence-corrected chi connectivity index (χ2v) is 8.72. The van der Waals surface area contributed by atoms with Crippen molar-refractivity contribution in [2.24, 2.45) is 5.10 Å². The first kappa shape index (κ1) is 18.6. The Bertz CT molecular complexity index is 863. The first-order valence-corrected chi connectivity index (χ1v) is 10.7. The van der Waals surface area contributed by atoms with Gasteiger partial charge in [0.2, 0.25) is 0 Å². The van der Waals surface area contributed by atoms with Crippen LogP contribution < -0.4 is 4.83 Å². The lowest BCUT2D eigenvalue weighted by atomic mass is 9.84. The van der Waals surface area contributed by atoms with E-state index in [-0.39, 0.29) is 4.90 Å². The number of hydrogen-bond donors (Lipinski definition) is 1. The molecule has 5 heteroatoms. The van der Waals surface area contributed by atoms with Gasteiger partial charge in [-0.25, -0.2) is 0 Å². The highest BCUT2D eigenvalue weighted by molar-refractivity contribution is 7.89. The Hall–Kier alpha value is -2.14. The van der Waals surface area contributed by atoms with Crippen molar-refractivity contribution in [1.29, 1.82) is 0 Å². The quantitative estimate of drug-likeness (QED) is 0.610. The van der Waals surface area contributed by atoms with Crippen LogP contribution in [0.25, 0.3) is 0 Å². The van der Waals surface area contributed by atoms with Gasteiger partial charge in [0, 0.05) is 0 Å². The molecule has 3 rings (SSSR count). The molecule has 0 atom stereocenters. The SMILES string of the molecule is C/C(=N\NS(=O)(=O)c1ccc(C)cc1)c1ccc(C2CCCCC2)cc1. The highest BCUT2D eigenvalue weighted by Crippen LogP contribution is 2.32. The third-order valence-electron chi connectivity index (χ3n) is 5.07. The summed E-state index contributed by atoms with van der Waals surface area (Å²) in [4.78, 5) is 2.55. The van der Waals surface area contributed by atoms with Gasteiger partial charge in [-0.1, -0.05) is 61.2 Å². The van der Waals surface area contributed by atoms with Crippen LogP contribution in [0.5, 0.6) is 0 Å². The average Bonchev–Trinajstić information content (AvgIpc) is 2.67. The largest absolute Gasteiger partial charge is 0.276 e. The van der Waals surface area contributed by atoms with E-state index in [2.05, 4.69) is 22.1 Å². The van der Waals surface area contributed by atoms with E-state index in [9.17, 15) is 8.42 Å². The molecule has 0 unspecified atom stereocenters. The maximum atomic E-state index is 12.3. The molecule has 1 saturated carbocycles. The van der Waals surface area contributed by atoms with Gasteiger partial charge in [0.15, 0.2) is 0 Å². The van der Waals surface area contributed by atoms with E-state index >= 15 is 0 Å². The van der Waals surface area contributed by atoms with Crippen molar-refractivity contribution in [2.45, 2.75) is 56.8 Å². The molecule has 0 heterocycles. The molecule has 0 radical (unpaired) electrons. The Kier molecular flexibility index (Phi) is 5.77. The maximum Gasteiger partial charge on any atom is 0.276 e. The number of rotatable bonds is 5. The summed E-state index contributed by atoms with van der Waals surface area (Å²) < 4.78 is 24.6.